The lowest BCUT2D eigenvalue weighted by Crippen LogP contribution is -2.27. The van der Waals surface area contributed by atoms with Gasteiger partial charge in [0.1, 0.15) is 0 Å². The van der Waals surface area contributed by atoms with Gasteiger partial charge in [0.25, 0.3) is 0 Å². The second-order valence-corrected chi connectivity index (χ2v) is 4.94. The van der Waals surface area contributed by atoms with Gasteiger partial charge in [-0.05, 0) is 30.6 Å². The van der Waals surface area contributed by atoms with Crippen LogP contribution in [0.4, 0.5) is 0 Å². The van der Waals surface area contributed by atoms with Crippen molar-refractivity contribution in [1.82, 2.24) is 10.2 Å². The van der Waals surface area contributed by atoms with Crippen molar-refractivity contribution >= 4 is 0 Å². The van der Waals surface area contributed by atoms with Crippen LogP contribution in [0.25, 0.3) is 0 Å². The maximum atomic E-state index is 5.15. The number of methoxy groups -OCH3 is 1. The van der Waals surface area contributed by atoms with Gasteiger partial charge in [-0.2, -0.15) is 0 Å². The van der Waals surface area contributed by atoms with Crippen molar-refractivity contribution in [2.45, 2.75) is 19.9 Å². The van der Waals surface area contributed by atoms with E-state index in [0.717, 1.165) is 45.8 Å². The number of ether oxygens (including phenoxy) is 1. The average Bonchev–Trinajstić information content (AvgIpc) is 2.47. The van der Waals surface area contributed by atoms with Crippen LogP contribution in [0.2, 0.25) is 0 Å². The summed E-state index contributed by atoms with van der Waals surface area (Å²) in [7, 11) is 1.74. The minimum atomic E-state index is 0.759. The largest absolute Gasteiger partial charge is 0.383 e. The average molecular weight is 276 g/mol. The van der Waals surface area contributed by atoms with Gasteiger partial charge in [-0.3, -0.25) is 4.90 Å². The fourth-order valence-corrected chi connectivity index (χ4v) is 2.12. The van der Waals surface area contributed by atoms with Crippen LogP contribution in [0.15, 0.2) is 36.9 Å². The Bertz CT molecular complexity index is 362. The molecule has 0 amide bonds. The molecule has 1 N–H and O–H groups in total. The third-order valence-corrected chi connectivity index (χ3v) is 3.27. The van der Waals surface area contributed by atoms with E-state index in [0.29, 0.717) is 0 Å². The minimum Gasteiger partial charge on any atom is -0.383 e. The molecule has 0 spiro atoms. The van der Waals surface area contributed by atoms with Crippen LogP contribution in [0.5, 0.6) is 0 Å². The molecule has 0 aliphatic heterocycles. The Morgan fingerprint density at radius 1 is 1.25 bits per heavy atom. The number of rotatable bonds is 11. The molecule has 1 rings (SSSR count). The highest BCUT2D eigenvalue weighted by molar-refractivity contribution is 5.22. The van der Waals surface area contributed by atoms with Gasteiger partial charge < -0.3 is 10.1 Å². The van der Waals surface area contributed by atoms with Gasteiger partial charge in [0.15, 0.2) is 0 Å². The van der Waals surface area contributed by atoms with E-state index < -0.39 is 0 Å². The van der Waals surface area contributed by atoms with E-state index in [1.54, 1.807) is 7.11 Å². The maximum absolute atomic E-state index is 5.15. The number of likely N-dealkylation sites (N-methyl/N-ethyl adjacent to an activating group) is 1. The van der Waals surface area contributed by atoms with Gasteiger partial charge in [-0.15, -0.1) is 6.58 Å². The van der Waals surface area contributed by atoms with Crippen LogP contribution in [0.3, 0.4) is 0 Å². The summed E-state index contributed by atoms with van der Waals surface area (Å²) < 4.78 is 5.15. The van der Waals surface area contributed by atoms with Crippen molar-refractivity contribution in [3.63, 3.8) is 0 Å². The molecule has 0 radical (unpaired) electrons. The summed E-state index contributed by atoms with van der Waals surface area (Å²) in [5.41, 5.74) is 2.73. The fourth-order valence-electron chi connectivity index (χ4n) is 2.12. The summed E-state index contributed by atoms with van der Waals surface area (Å²) in [6.07, 6.45) is 3.04. The highest BCUT2D eigenvalue weighted by Gasteiger charge is 2.04. The summed E-state index contributed by atoms with van der Waals surface area (Å²) in [4.78, 5) is 2.34. The number of nitrogens with one attached hydrogen (secondary N) is 1. The molecule has 112 valence electrons. The summed E-state index contributed by atoms with van der Waals surface area (Å²) in [6.45, 7) is 11.6. The Morgan fingerprint density at radius 3 is 2.55 bits per heavy atom. The molecule has 1 aromatic rings. The number of hydrogen-bond acceptors (Lipinski definition) is 3. The fraction of sp³-hybridized carbons (Fsp3) is 0.529. The summed E-state index contributed by atoms with van der Waals surface area (Å²) in [5.74, 6) is 0. The highest BCUT2D eigenvalue weighted by atomic mass is 16.5. The van der Waals surface area contributed by atoms with Gasteiger partial charge in [0.05, 0.1) is 6.61 Å². The first kappa shape index (κ1) is 16.9. The molecule has 0 aliphatic carbocycles. The molecule has 0 atom stereocenters. The molecule has 0 aliphatic rings. The lowest BCUT2D eigenvalue weighted by Gasteiger charge is -2.20. The number of hydrogen-bond donors (Lipinski definition) is 1. The van der Waals surface area contributed by atoms with E-state index in [-0.39, 0.29) is 0 Å². The summed E-state index contributed by atoms with van der Waals surface area (Å²) >= 11 is 0. The van der Waals surface area contributed by atoms with E-state index in [1.807, 2.05) is 6.08 Å². The molecule has 1 aromatic carbocycles. The number of benzene rings is 1. The van der Waals surface area contributed by atoms with Crippen molar-refractivity contribution < 1.29 is 4.74 Å². The smallest absolute Gasteiger partial charge is 0.0589 e. The molecular formula is C17H28N2O. The Kier molecular flexibility index (Phi) is 8.96. The van der Waals surface area contributed by atoms with Gasteiger partial charge >= 0.3 is 0 Å². The molecule has 3 heteroatoms. The zero-order valence-electron chi connectivity index (χ0n) is 12.9. The molecule has 3 nitrogen and oxygen atoms in total. The molecule has 0 bridgehead atoms. The monoisotopic (exact) mass is 276 g/mol. The Labute approximate surface area is 123 Å². The number of nitrogens with zero attached hydrogens (tertiary/aromatic N) is 1. The zero-order chi connectivity index (χ0) is 14.6. The molecule has 0 unspecified atom stereocenters. The second-order valence-electron chi connectivity index (χ2n) is 4.94. The third kappa shape index (κ3) is 6.85. The van der Waals surface area contributed by atoms with Crippen molar-refractivity contribution in [2.24, 2.45) is 0 Å². The second kappa shape index (κ2) is 10.6. The van der Waals surface area contributed by atoms with Gasteiger partial charge in [-0.25, -0.2) is 0 Å². The highest BCUT2D eigenvalue weighted by Crippen LogP contribution is 2.08. The molecule has 0 heterocycles. The SMILES string of the molecule is C=CCN(CCOC)Cc1ccc(CCNCC)cc1. The van der Waals surface area contributed by atoms with Crippen LogP contribution < -0.4 is 5.32 Å². The zero-order valence-corrected chi connectivity index (χ0v) is 12.9. The van der Waals surface area contributed by atoms with E-state index in [9.17, 15) is 0 Å². The van der Waals surface area contributed by atoms with Gasteiger partial charge in [0.2, 0.25) is 0 Å². The molecule has 0 saturated carbocycles. The molecule has 0 fully saturated rings. The predicted molar refractivity (Wildman–Crippen MR) is 86.0 cm³/mol. The van der Waals surface area contributed by atoms with Crippen LogP contribution >= 0.6 is 0 Å². The maximum Gasteiger partial charge on any atom is 0.0589 e. The molecule has 0 saturated heterocycles. The van der Waals surface area contributed by atoms with Gasteiger partial charge in [0, 0.05) is 26.7 Å². The van der Waals surface area contributed by atoms with E-state index in [1.165, 1.54) is 11.1 Å². The normalized spacial score (nSPS) is 10.9. The van der Waals surface area contributed by atoms with E-state index in [4.69, 9.17) is 4.74 Å². The quantitative estimate of drug-likeness (QED) is 0.496. The molecule has 20 heavy (non-hydrogen) atoms. The molecule has 0 aromatic heterocycles. The van der Waals surface area contributed by atoms with Crippen LogP contribution in [-0.2, 0) is 17.7 Å². The van der Waals surface area contributed by atoms with Gasteiger partial charge in [-0.1, -0.05) is 37.3 Å². The lowest BCUT2D eigenvalue weighted by molar-refractivity contribution is 0.151. The van der Waals surface area contributed by atoms with Crippen LogP contribution in [0.1, 0.15) is 18.1 Å². The Balaban J connectivity index is 2.46. The predicted octanol–water partition coefficient (Wildman–Crippen LogP) is 2.47. The lowest BCUT2D eigenvalue weighted by atomic mass is 10.1. The van der Waals surface area contributed by atoms with Crippen LogP contribution in [0, 0.1) is 0 Å². The Hall–Kier alpha value is -1.16. The van der Waals surface area contributed by atoms with Crippen molar-refractivity contribution in [1.29, 1.82) is 0 Å². The van der Waals surface area contributed by atoms with E-state index >= 15 is 0 Å². The molecular weight excluding hydrogens is 248 g/mol. The van der Waals surface area contributed by atoms with Crippen molar-refractivity contribution in [2.75, 3.05) is 39.9 Å². The topological polar surface area (TPSA) is 24.5 Å². The minimum absolute atomic E-state index is 0.759. The summed E-state index contributed by atoms with van der Waals surface area (Å²) in [6, 6.07) is 8.92. The first-order valence-electron chi connectivity index (χ1n) is 7.40. The van der Waals surface area contributed by atoms with Crippen LogP contribution in [-0.4, -0.2) is 44.8 Å². The standard InChI is InChI=1S/C17H28N2O/c1-4-12-19(13-14-20-3)15-17-8-6-16(7-9-17)10-11-18-5-2/h4,6-9,18H,1,5,10-15H2,2-3H3. The van der Waals surface area contributed by atoms with E-state index in [2.05, 4.69) is 48.0 Å². The van der Waals surface area contributed by atoms with Crippen molar-refractivity contribution in [3.8, 4) is 0 Å². The van der Waals surface area contributed by atoms with Crippen molar-refractivity contribution in [3.05, 3.63) is 48.0 Å². The first-order valence-corrected chi connectivity index (χ1v) is 7.40. The summed E-state index contributed by atoms with van der Waals surface area (Å²) in [5, 5.41) is 3.35. The first-order chi connectivity index (χ1) is 9.80. The third-order valence-electron chi connectivity index (χ3n) is 3.27. The Morgan fingerprint density at radius 2 is 1.95 bits per heavy atom.